The minimum absolute atomic E-state index is 0.0334. The van der Waals surface area contributed by atoms with Gasteiger partial charge in [0.25, 0.3) is 0 Å². The fraction of sp³-hybridized carbons (Fsp3) is 0.250. The quantitative estimate of drug-likeness (QED) is 0.653. The average molecular weight is 258 g/mol. The predicted molar refractivity (Wildman–Crippen MR) is 76.1 cm³/mol. The van der Waals surface area contributed by atoms with Gasteiger partial charge in [-0.05, 0) is 49.1 Å². The van der Waals surface area contributed by atoms with Gasteiger partial charge < -0.3 is 0 Å². The molecule has 0 saturated heterocycles. The van der Waals surface area contributed by atoms with E-state index in [2.05, 4.69) is 37.5 Å². The molecule has 2 aromatic rings. The van der Waals surface area contributed by atoms with Gasteiger partial charge in [0.05, 0.1) is 6.04 Å². The van der Waals surface area contributed by atoms with E-state index in [1.165, 1.54) is 28.8 Å². The highest BCUT2D eigenvalue weighted by molar-refractivity contribution is 5.34. The number of nitrogens with two attached hydrogens (primary N) is 1. The molecule has 0 aliphatic heterocycles. The normalized spacial score (nSPS) is 12.4. The Morgan fingerprint density at radius 3 is 2.37 bits per heavy atom. The van der Waals surface area contributed by atoms with Crippen molar-refractivity contribution in [2.75, 3.05) is 0 Å². The molecular formula is C16H19FN2. The lowest BCUT2D eigenvalue weighted by molar-refractivity contribution is 0.548. The molecule has 100 valence electrons. The number of hydrazine groups is 1. The van der Waals surface area contributed by atoms with E-state index in [9.17, 15) is 4.39 Å². The van der Waals surface area contributed by atoms with Crippen LogP contribution in [-0.4, -0.2) is 0 Å². The summed E-state index contributed by atoms with van der Waals surface area (Å²) < 4.78 is 12.9. The highest BCUT2D eigenvalue weighted by Crippen LogP contribution is 2.22. The second-order valence-electron chi connectivity index (χ2n) is 4.91. The third-order valence-electron chi connectivity index (χ3n) is 3.35. The van der Waals surface area contributed by atoms with Gasteiger partial charge in [0.2, 0.25) is 0 Å². The summed E-state index contributed by atoms with van der Waals surface area (Å²) in [5.41, 5.74) is 7.53. The van der Waals surface area contributed by atoms with Crippen molar-refractivity contribution in [3.05, 3.63) is 70.5 Å². The summed E-state index contributed by atoms with van der Waals surface area (Å²) in [7, 11) is 0. The highest BCUT2D eigenvalue weighted by Gasteiger charge is 2.13. The standard InChI is InChI=1S/C16H19FN2/c1-11-3-8-15(12(2)9-11)16(19-18)10-13-4-6-14(17)7-5-13/h3-9,16,19H,10,18H2,1-2H3. The Balaban J connectivity index is 2.22. The summed E-state index contributed by atoms with van der Waals surface area (Å²) in [5, 5.41) is 0. The van der Waals surface area contributed by atoms with Gasteiger partial charge in [-0.1, -0.05) is 35.9 Å². The van der Waals surface area contributed by atoms with Crippen LogP contribution in [0.3, 0.4) is 0 Å². The van der Waals surface area contributed by atoms with Crippen LogP contribution in [0.1, 0.15) is 28.3 Å². The van der Waals surface area contributed by atoms with Crippen LogP contribution in [0.5, 0.6) is 0 Å². The summed E-state index contributed by atoms with van der Waals surface area (Å²) in [5.74, 6) is 5.45. The van der Waals surface area contributed by atoms with E-state index < -0.39 is 0 Å². The van der Waals surface area contributed by atoms with Gasteiger partial charge in [0.1, 0.15) is 5.82 Å². The zero-order chi connectivity index (χ0) is 13.8. The first-order valence-corrected chi connectivity index (χ1v) is 6.38. The maximum atomic E-state index is 12.9. The zero-order valence-corrected chi connectivity index (χ0v) is 11.3. The number of halogens is 1. The molecule has 3 N–H and O–H groups in total. The third-order valence-corrected chi connectivity index (χ3v) is 3.35. The van der Waals surface area contributed by atoms with E-state index in [1.807, 2.05) is 0 Å². The highest BCUT2D eigenvalue weighted by atomic mass is 19.1. The maximum Gasteiger partial charge on any atom is 0.123 e. The van der Waals surface area contributed by atoms with Gasteiger partial charge in [-0.15, -0.1) is 0 Å². The molecule has 2 nitrogen and oxygen atoms in total. The van der Waals surface area contributed by atoms with E-state index in [4.69, 9.17) is 5.84 Å². The van der Waals surface area contributed by atoms with Gasteiger partial charge in [-0.2, -0.15) is 0 Å². The molecule has 19 heavy (non-hydrogen) atoms. The van der Waals surface area contributed by atoms with Gasteiger partial charge >= 0.3 is 0 Å². The van der Waals surface area contributed by atoms with Crippen molar-refractivity contribution in [2.24, 2.45) is 5.84 Å². The van der Waals surface area contributed by atoms with Crippen LogP contribution >= 0.6 is 0 Å². The summed E-state index contributed by atoms with van der Waals surface area (Å²) in [6.45, 7) is 4.15. The lowest BCUT2D eigenvalue weighted by Crippen LogP contribution is -2.30. The molecular weight excluding hydrogens is 239 g/mol. The fourth-order valence-corrected chi connectivity index (χ4v) is 2.33. The molecule has 1 atom stereocenters. The first kappa shape index (κ1) is 13.7. The number of aryl methyl sites for hydroxylation is 2. The SMILES string of the molecule is Cc1ccc(C(Cc2ccc(F)cc2)NN)c(C)c1. The Hall–Kier alpha value is -1.71. The van der Waals surface area contributed by atoms with Crippen LogP contribution in [0, 0.1) is 19.7 Å². The fourth-order valence-electron chi connectivity index (χ4n) is 2.33. The number of nitrogens with one attached hydrogen (secondary N) is 1. The molecule has 0 aliphatic rings. The van der Waals surface area contributed by atoms with Crippen LogP contribution < -0.4 is 11.3 Å². The topological polar surface area (TPSA) is 38.0 Å². The van der Waals surface area contributed by atoms with Crippen molar-refractivity contribution in [3.8, 4) is 0 Å². The van der Waals surface area contributed by atoms with E-state index in [1.54, 1.807) is 12.1 Å². The number of benzene rings is 2. The van der Waals surface area contributed by atoms with E-state index >= 15 is 0 Å². The Kier molecular flexibility index (Phi) is 4.30. The number of hydrogen-bond donors (Lipinski definition) is 2. The van der Waals surface area contributed by atoms with Crippen molar-refractivity contribution in [3.63, 3.8) is 0 Å². The maximum absolute atomic E-state index is 12.9. The average Bonchev–Trinajstić information content (AvgIpc) is 2.39. The Morgan fingerprint density at radius 2 is 1.79 bits per heavy atom. The lowest BCUT2D eigenvalue weighted by Gasteiger charge is -2.19. The number of rotatable bonds is 4. The summed E-state index contributed by atoms with van der Waals surface area (Å²) in [6, 6.07) is 12.9. The van der Waals surface area contributed by atoms with Crippen LogP contribution in [-0.2, 0) is 6.42 Å². The largest absolute Gasteiger partial charge is 0.271 e. The van der Waals surface area contributed by atoms with Gasteiger partial charge in [-0.25, -0.2) is 4.39 Å². The van der Waals surface area contributed by atoms with Crippen LogP contribution in [0.4, 0.5) is 4.39 Å². The van der Waals surface area contributed by atoms with Crippen LogP contribution in [0.2, 0.25) is 0 Å². The predicted octanol–water partition coefficient (Wildman–Crippen LogP) is 3.19. The molecule has 0 amide bonds. The Morgan fingerprint density at radius 1 is 1.11 bits per heavy atom. The van der Waals surface area contributed by atoms with Crippen molar-refractivity contribution < 1.29 is 4.39 Å². The monoisotopic (exact) mass is 258 g/mol. The van der Waals surface area contributed by atoms with Crippen molar-refractivity contribution in [2.45, 2.75) is 26.3 Å². The molecule has 0 heterocycles. The van der Waals surface area contributed by atoms with Crippen LogP contribution in [0.25, 0.3) is 0 Å². The molecule has 2 aromatic carbocycles. The first-order valence-electron chi connectivity index (χ1n) is 6.38. The third kappa shape index (κ3) is 3.40. The molecule has 3 heteroatoms. The van der Waals surface area contributed by atoms with Gasteiger partial charge in [-0.3, -0.25) is 11.3 Å². The molecule has 0 spiro atoms. The molecule has 0 saturated carbocycles. The second-order valence-corrected chi connectivity index (χ2v) is 4.91. The van der Waals surface area contributed by atoms with Gasteiger partial charge in [0.15, 0.2) is 0 Å². The molecule has 2 rings (SSSR count). The summed E-state index contributed by atoms with van der Waals surface area (Å²) >= 11 is 0. The summed E-state index contributed by atoms with van der Waals surface area (Å²) in [4.78, 5) is 0. The molecule has 0 radical (unpaired) electrons. The van der Waals surface area contributed by atoms with Crippen LogP contribution in [0.15, 0.2) is 42.5 Å². The van der Waals surface area contributed by atoms with E-state index in [0.717, 1.165) is 12.0 Å². The number of hydrogen-bond acceptors (Lipinski definition) is 2. The molecule has 0 bridgehead atoms. The Labute approximate surface area is 113 Å². The minimum Gasteiger partial charge on any atom is -0.271 e. The molecule has 0 aliphatic carbocycles. The van der Waals surface area contributed by atoms with Gasteiger partial charge in [0, 0.05) is 0 Å². The second kappa shape index (κ2) is 5.95. The molecule has 0 fully saturated rings. The van der Waals surface area contributed by atoms with E-state index in [0.29, 0.717) is 0 Å². The molecule has 1 unspecified atom stereocenters. The minimum atomic E-state index is -0.215. The van der Waals surface area contributed by atoms with Crippen molar-refractivity contribution in [1.29, 1.82) is 0 Å². The Bertz CT molecular complexity index is 549. The molecule has 0 aromatic heterocycles. The lowest BCUT2D eigenvalue weighted by atomic mass is 9.95. The van der Waals surface area contributed by atoms with Crippen molar-refractivity contribution >= 4 is 0 Å². The van der Waals surface area contributed by atoms with Crippen molar-refractivity contribution in [1.82, 2.24) is 5.43 Å². The first-order chi connectivity index (χ1) is 9.10. The summed E-state index contributed by atoms with van der Waals surface area (Å²) in [6.07, 6.45) is 0.737. The smallest absolute Gasteiger partial charge is 0.123 e. The van der Waals surface area contributed by atoms with E-state index in [-0.39, 0.29) is 11.9 Å². The zero-order valence-electron chi connectivity index (χ0n) is 11.3.